The summed E-state index contributed by atoms with van der Waals surface area (Å²) in [6, 6.07) is 0. The zero-order valence-corrected chi connectivity index (χ0v) is 9.27. The van der Waals surface area contributed by atoms with Crippen LogP contribution in [0.15, 0.2) is 0 Å². The minimum atomic E-state index is -6.42. The molecule has 0 radical (unpaired) electrons. The van der Waals surface area contributed by atoms with Gasteiger partial charge in [-0.3, -0.25) is 4.55 Å². The van der Waals surface area contributed by atoms with Gasteiger partial charge in [0, 0.05) is 5.92 Å². The highest BCUT2D eigenvalue weighted by Crippen LogP contribution is 2.37. The van der Waals surface area contributed by atoms with E-state index in [1.54, 1.807) is 5.92 Å². The van der Waals surface area contributed by atoms with Crippen LogP contribution in [0.3, 0.4) is 0 Å². The van der Waals surface area contributed by atoms with Gasteiger partial charge in [0.25, 0.3) is 6.10 Å². The van der Waals surface area contributed by atoms with Crippen LogP contribution in [0.4, 0.5) is 22.0 Å². The van der Waals surface area contributed by atoms with Gasteiger partial charge in [-0.15, -0.1) is 0 Å². The summed E-state index contributed by atoms with van der Waals surface area (Å²) in [5.41, 5.74) is 0. The smallest absolute Gasteiger partial charge is 0.432 e. The van der Waals surface area contributed by atoms with E-state index in [2.05, 4.69) is 4.74 Å². The maximum Gasteiger partial charge on any atom is 0.432 e. The van der Waals surface area contributed by atoms with Crippen molar-refractivity contribution in [2.45, 2.75) is 24.5 Å². The average Bonchev–Trinajstić information content (AvgIpc) is 2.10. The van der Waals surface area contributed by atoms with Gasteiger partial charge in [0.05, 0.1) is 0 Å². The van der Waals surface area contributed by atoms with Crippen LogP contribution >= 0.6 is 0 Å². The van der Waals surface area contributed by atoms with E-state index in [0.717, 1.165) is 6.92 Å². The Morgan fingerprint density at radius 3 is 2.00 bits per heavy atom. The summed E-state index contributed by atoms with van der Waals surface area (Å²) in [6.07, 6.45) is -10.3. The van der Waals surface area contributed by atoms with E-state index in [4.69, 9.17) is 4.55 Å². The third kappa shape index (κ3) is 3.81. The number of carbonyl (C=O) groups is 1. The average molecular weight is 296 g/mol. The SMILES string of the molecule is CC#CC(=O)OC(C(F)(F)F)C(F)(F)S(=O)(=O)O. The van der Waals surface area contributed by atoms with Crippen molar-refractivity contribution in [2.24, 2.45) is 0 Å². The fourth-order valence-electron chi connectivity index (χ4n) is 0.700. The zero-order valence-electron chi connectivity index (χ0n) is 8.46. The number of rotatable bonds is 3. The van der Waals surface area contributed by atoms with Crippen molar-refractivity contribution < 1.29 is 44.5 Å². The molecule has 1 N–H and O–H groups in total. The van der Waals surface area contributed by atoms with Crippen LogP contribution in [-0.2, 0) is 19.6 Å². The molecule has 0 aromatic heterocycles. The molecule has 0 fully saturated rings. The zero-order chi connectivity index (χ0) is 14.8. The van der Waals surface area contributed by atoms with E-state index >= 15 is 0 Å². The summed E-state index contributed by atoms with van der Waals surface area (Å²) in [4.78, 5) is 10.6. The fraction of sp³-hybridized carbons (Fsp3) is 0.571. The van der Waals surface area contributed by atoms with E-state index in [1.165, 1.54) is 5.92 Å². The first-order chi connectivity index (χ1) is 7.84. The first kappa shape index (κ1) is 16.6. The van der Waals surface area contributed by atoms with Gasteiger partial charge in [-0.2, -0.15) is 30.4 Å². The Balaban J connectivity index is 5.52. The lowest BCUT2D eigenvalue weighted by molar-refractivity contribution is -0.256. The topological polar surface area (TPSA) is 80.7 Å². The second kappa shape index (κ2) is 5.07. The summed E-state index contributed by atoms with van der Waals surface area (Å²) in [6.45, 7) is 1.00. The third-order valence-electron chi connectivity index (χ3n) is 1.40. The molecule has 1 unspecified atom stereocenters. The van der Waals surface area contributed by atoms with Crippen LogP contribution in [0.1, 0.15) is 6.92 Å². The van der Waals surface area contributed by atoms with E-state index in [0.29, 0.717) is 0 Å². The maximum atomic E-state index is 12.8. The van der Waals surface area contributed by atoms with Crippen LogP contribution < -0.4 is 0 Å². The number of esters is 1. The first-order valence-electron chi connectivity index (χ1n) is 3.89. The second-order valence-corrected chi connectivity index (χ2v) is 4.23. The lowest BCUT2D eigenvalue weighted by Gasteiger charge is -2.25. The predicted molar refractivity (Wildman–Crippen MR) is 45.9 cm³/mol. The Labute approximate surface area is 97.7 Å². The van der Waals surface area contributed by atoms with Gasteiger partial charge in [0.2, 0.25) is 0 Å². The highest BCUT2D eigenvalue weighted by atomic mass is 32.2. The van der Waals surface area contributed by atoms with Gasteiger partial charge in [0.15, 0.2) is 0 Å². The molecule has 0 saturated carbocycles. The first-order valence-corrected chi connectivity index (χ1v) is 5.33. The Morgan fingerprint density at radius 1 is 1.28 bits per heavy atom. The minimum Gasteiger partial charge on any atom is -0.435 e. The van der Waals surface area contributed by atoms with Crippen molar-refractivity contribution in [3.63, 3.8) is 0 Å². The van der Waals surface area contributed by atoms with E-state index in [9.17, 15) is 35.2 Å². The summed E-state index contributed by atoms with van der Waals surface area (Å²) in [5.74, 6) is 1.11. The van der Waals surface area contributed by atoms with Gasteiger partial charge >= 0.3 is 27.5 Å². The van der Waals surface area contributed by atoms with Gasteiger partial charge in [-0.1, -0.05) is 5.92 Å². The molecule has 0 aliphatic heterocycles. The van der Waals surface area contributed by atoms with Crippen LogP contribution in [0, 0.1) is 11.8 Å². The second-order valence-electron chi connectivity index (χ2n) is 2.74. The minimum absolute atomic E-state index is 1.00. The van der Waals surface area contributed by atoms with Crippen molar-refractivity contribution in [1.82, 2.24) is 0 Å². The molecule has 0 rings (SSSR count). The summed E-state index contributed by atoms with van der Waals surface area (Å²) in [5, 5.41) is -5.74. The Morgan fingerprint density at radius 2 is 1.72 bits per heavy atom. The molecule has 5 nitrogen and oxygen atoms in total. The lowest BCUT2D eigenvalue weighted by atomic mass is 10.3. The van der Waals surface area contributed by atoms with E-state index in [-0.39, 0.29) is 0 Å². The van der Waals surface area contributed by atoms with Gasteiger partial charge in [-0.05, 0) is 6.92 Å². The third-order valence-corrected chi connectivity index (χ3v) is 2.30. The molecule has 0 bridgehead atoms. The van der Waals surface area contributed by atoms with Gasteiger partial charge in [-0.25, -0.2) is 4.79 Å². The molecule has 0 saturated heterocycles. The standard InChI is InChI=1S/C7H5F5O5S/c1-2-3-4(13)17-5(6(8,9)10)7(11,12)18(14,15)16/h5H,1H3,(H,14,15,16). The molecular formula is C7H5F5O5S. The maximum absolute atomic E-state index is 12.8. The highest BCUT2D eigenvalue weighted by molar-refractivity contribution is 7.86. The Kier molecular flexibility index (Phi) is 4.67. The van der Waals surface area contributed by atoms with Gasteiger partial charge in [0.1, 0.15) is 0 Å². The quantitative estimate of drug-likeness (QED) is 0.276. The van der Waals surface area contributed by atoms with Crippen LogP contribution in [0.2, 0.25) is 0 Å². The largest absolute Gasteiger partial charge is 0.435 e. The molecule has 0 spiro atoms. The Hall–Kier alpha value is -1.41. The van der Waals surface area contributed by atoms with Crippen LogP contribution in [0.25, 0.3) is 0 Å². The monoisotopic (exact) mass is 296 g/mol. The van der Waals surface area contributed by atoms with Crippen molar-refractivity contribution in [3.8, 4) is 11.8 Å². The molecule has 1 atom stereocenters. The van der Waals surface area contributed by atoms with E-state index < -0.39 is 33.6 Å². The molecular weight excluding hydrogens is 291 g/mol. The molecule has 104 valence electrons. The van der Waals surface area contributed by atoms with Crippen molar-refractivity contribution >= 4 is 16.1 Å². The summed E-state index contributed by atoms with van der Waals surface area (Å²) in [7, 11) is -6.42. The van der Waals surface area contributed by atoms with Crippen LogP contribution in [-0.4, -0.2) is 36.5 Å². The number of carbonyl (C=O) groups excluding carboxylic acids is 1. The van der Waals surface area contributed by atoms with Crippen molar-refractivity contribution in [1.29, 1.82) is 0 Å². The number of hydrogen-bond donors (Lipinski definition) is 1. The summed E-state index contributed by atoms with van der Waals surface area (Å²) < 4.78 is 93.7. The molecule has 11 heteroatoms. The van der Waals surface area contributed by atoms with Crippen molar-refractivity contribution in [3.05, 3.63) is 0 Å². The molecule has 18 heavy (non-hydrogen) atoms. The number of halogens is 5. The highest BCUT2D eigenvalue weighted by Gasteiger charge is 2.66. The molecule has 0 aliphatic rings. The number of hydrogen-bond acceptors (Lipinski definition) is 4. The number of ether oxygens (including phenoxy) is 1. The predicted octanol–water partition coefficient (Wildman–Crippen LogP) is 0.964. The van der Waals surface area contributed by atoms with Crippen LogP contribution in [0.5, 0.6) is 0 Å². The van der Waals surface area contributed by atoms with Crippen molar-refractivity contribution in [2.75, 3.05) is 0 Å². The summed E-state index contributed by atoms with van der Waals surface area (Å²) >= 11 is 0. The molecule has 0 heterocycles. The molecule has 0 aromatic carbocycles. The molecule has 0 amide bonds. The lowest BCUT2D eigenvalue weighted by Crippen LogP contribution is -2.52. The molecule has 0 aliphatic carbocycles. The number of alkyl halides is 5. The van der Waals surface area contributed by atoms with Gasteiger partial charge < -0.3 is 4.74 Å². The molecule has 0 aromatic rings. The fourth-order valence-corrected chi connectivity index (χ4v) is 1.15. The van der Waals surface area contributed by atoms with E-state index in [1.807, 2.05) is 0 Å². The normalized spacial score (nSPS) is 14.4. The Bertz CT molecular complexity index is 483.